The molecule has 3 heteroatoms. The summed E-state index contributed by atoms with van der Waals surface area (Å²) in [6.45, 7) is 2.20. The molecule has 0 unspecified atom stereocenters. The highest BCUT2D eigenvalue weighted by Crippen LogP contribution is 2.49. The van der Waals surface area contributed by atoms with Gasteiger partial charge in [0.05, 0.1) is 5.41 Å². The summed E-state index contributed by atoms with van der Waals surface area (Å²) in [5, 5.41) is 0. The van der Waals surface area contributed by atoms with Gasteiger partial charge in [0, 0.05) is 13.1 Å². The number of hydrogen-bond acceptors (Lipinski definition) is 2. The molecule has 1 aliphatic carbocycles. The molecule has 0 N–H and O–H groups in total. The van der Waals surface area contributed by atoms with Crippen LogP contribution in [0, 0.1) is 0 Å². The number of amides is 1. The van der Waals surface area contributed by atoms with Gasteiger partial charge in [-0.25, -0.2) is 0 Å². The quantitative estimate of drug-likeness (QED) is 0.843. The number of carbonyl (C=O) groups excluding carboxylic acids is 1. The second-order valence-corrected chi connectivity index (χ2v) is 6.40. The third-order valence-electron chi connectivity index (χ3n) is 5.04. The van der Waals surface area contributed by atoms with Crippen molar-refractivity contribution >= 4 is 5.91 Å². The van der Waals surface area contributed by atoms with Gasteiger partial charge >= 0.3 is 0 Å². The predicted octanol–water partition coefficient (Wildman–Crippen LogP) is 2.27. The van der Waals surface area contributed by atoms with Gasteiger partial charge in [0.15, 0.2) is 0 Å². The highest BCUT2D eigenvalue weighted by Gasteiger charge is 2.53. The summed E-state index contributed by atoms with van der Waals surface area (Å²) < 4.78 is 0. The summed E-state index contributed by atoms with van der Waals surface area (Å²) in [4.78, 5) is 17.3. The number of benzene rings is 1. The molecule has 3 rings (SSSR count). The van der Waals surface area contributed by atoms with Crippen LogP contribution in [0.4, 0.5) is 0 Å². The second kappa shape index (κ2) is 5.21. The van der Waals surface area contributed by atoms with E-state index >= 15 is 0 Å². The number of likely N-dealkylation sites (N-methyl/N-ethyl adjacent to an activating group) is 1. The summed E-state index contributed by atoms with van der Waals surface area (Å²) >= 11 is 0. The molecule has 2 aliphatic rings. The maximum absolute atomic E-state index is 12.9. The topological polar surface area (TPSA) is 23.6 Å². The molecule has 1 saturated heterocycles. The smallest absolute Gasteiger partial charge is 0.233 e. The van der Waals surface area contributed by atoms with Crippen LogP contribution < -0.4 is 0 Å². The van der Waals surface area contributed by atoms with E-state index in [0.29, 0.717) is 11.9 Å². The molecule has 20 heavy (non-hydrogen) atoms. The van der Waals surface area contributed by atoms with E-state index in [-0.39, 0.29) is 5.41 Å². The normalized spacial score (nSPS) is 22.5. The fraction of sp³-hybridized carbons (Fsp3) is 0.588. The Hall–Kier alpha value is -1.35. The lowest BCUT2D eigenvalue weighted by Crippen LogP contribution is -2.47. The van der Waals surface area contributed by atoms with Crippen LogP contribution in [0.25, 0.3) is 0 Å². The van der Waals surface area contributed by atoms with Crippen LogP contribution in [0.2, 0.25) is 0 Å². The molecule has 1 heterocycles. The Balaban J connectivity index is 1.72. The number of hydrogen-bond donors (Lipinski definition) is 0. The molecule has 1 amide bonds. The van der Waals surface area contributed by atoms with Crippen molar-refractivity contribution in [3.05, 3.63) is 35.9 Å². The van der Waals surface area contributed by atoms with Crippen molar-refractivity contribution in [3.8, 4) is 0 Å². The molecule has 108 valence electrons. The van der Waals surface area contributed by atoms with Crippen LogP contribution in [0.3, 0.4) is 0 Å². The average molecular weight is 272 g/mol. The van der Waals surface area contributed by atoms with Gasteiger partial charge in [-0.05, 0) is 51.4 Å². The van der Waals surface area contributed by atoms with Gasteiger partial charge in [-0.1, -0.05) is 30.3 Å². The standard InChI is InChI=1S/C17H24N2O/c1-18-12-8-15(9-13-18)19(2)16(20)17(10-11-17)14-6-4-3-5-7-14/h3-7,15H,8-13H2,1-2H3. The van der Waals surface area contributed by atoms with E-state index in [9.17, 15) is 4.79 Å². The first-order chi connectivity index (χ1) is 9.63. The Labute approximate surface area is 121 Å². The Kier molecular flexibility index (Phi) is 3.55. The average Bonchev–Trinajstić information content (AvgIpc) is 3.29. The minimum Gasteiger partial charge on any atom is -0.342 e. The van der Waals surface area contributed by atoms with Crippen molar-refractivity contribution in [1.29, 1.82) is 0 Å². The zero-order chi connectivity index (χ0) is 14.2. The van der Waals surface area contributed by atoms with E-state index in [1.54, 1.807) is 0 Å². The van der Waals surface area contributed by atoms with Crippen LogP contribution in [-0.4, -0.2) is 48.9 Å². The summed E-state index contributed by atoms with van der Waals surface area (Å²) in [6, 6.07) is 10.7. The first-order valence-electron chi connectivity index (χ1n) is 7.65. The van der Waals surface area contributed by atoms with Gasteiger partial charge in [0.2, 0.25) is 5.91 Å². The Morgan fingerprint density at radius 2 is 1.80 bits per heavy atom. The van der Waals surface area contributed by atoms with Crippen molar-refractivity contribution < 1.29 is 4.79 Å². The molecule has 1 aromatic rings. The first-order valence-corrected chi connectivity index (χ1v) is 7.65. The van der Waals surface area contributed by atoms with Crippen molar-refractivity contribution in [2.45, 2.75) is 37.1 Å². The SMILES string of the molecule is CN1CCC(N(C)C(=O)C2(c3ccccc3)CC2)CC1. The molecule has 0 radical (unpaired) electrons. The zero-order valence-corrected chi connectivity index (χ0v) is 12.5. The molecule has 0 bridgehead atoms. The molecule has 1 aromatic carbocycles. The van der Waals surface area contributed by atoms with Crippen LogP contribution in [-0.2, 0) is 10.2 Å². The lowest BCUT2D eigenvalue weighted by Gasteiger charge is -2.37. The van der Waals surface area contributed by atoms with Crippen molar-refractivity contribution in [3.63, 3.8) is 0 Å². The third-order valence-corrected chi connectivity index (χ3v) is 5.04. The van der Waals surface area contributed by atoms with Crippen LogP contribution in [0.1, 0.15) is 31.2 Å². The third kappa shape index (κ3) is 2.35. The molecule has 0 atom stereocenters. The van der Waals surface area contributed by atoms with Crippen molar-refractivity contribution in [1.82, 2.24) is 9.80 Å². The highest BCUT2D eigenvalue weighted by molar-refractivity contribution is 5.91. The van der Waals surface area contributed by atoms with Gasteiger partial charge in [-0.2, -0.15) is 0 Å². The van der Waals surface area contributed by atoms with Crippen LogP contribution >= 0.6 is 0 Å². The summed E-state index contributed by atoms with van der Waals surface area (Å²) in [7, 11) is 4.16. The van der Waals surface area contributed by atoms with E-state index in [4.69, 9.17) is 0 Å². The molecule has 0 spiro atoms. The van der Waals surface area contributed by atoms with Gasteiger partial charge in [0.25, 0.3) is 0 Å². The summed E-state index contributed by atoms with van der Waals surface area (Å²) in [6.07, 6.45) is 4.22. The van der Waals surface area contributed by atoms with Gasteiger partial charge in [-0.3, -0.25) is 4.79 Å². The lowest BCUT2D eigenvalue weighted by atomic mass is 9.93. The minimum atomic E-state index is -0.209. The molecule has 1 aliphatic heterocycles. The Bertz CT molecular complexity index is 473. The van der Waals surface area contributed by atoms with Crippen molar-refractivity contribution in [2.24, 2.45) is 0 Å². The monoisotopic (exact) mass is 272 g/mol. The maximum atomic E-state index is 12.9. The van der Waals surface area contributed by atoms with Gasteiger partial charge in [-0.15, -0.1) is 0 Å². The second-order valence-electron chi connectivity index (χ2n) is 6.40. The summed E-state index contributed by atoms with van der Waals surface area (Å²) in [5.74, 6) is 0.332. The van der Waals surface area contributed by atoms with E-state index in [1.165, 1.54) is 5.56 Å². The number of rotatable bonds is 3. The van der Waals surface area contributed by atoms with Crippen LogP contribution in [0.5, 0.6) is 0 Å². The van der Waals surface area contributed by atoms with E-state index in [0.717, 1.165) is 38.8 Å². The van der Waals surface area contributed by atoms with Gasteiger partial charge < -0.3 is 9.80 Å². The Morgan fingerprint density at radius 1 is 1.20 bits per heavy atom. The fourth-order valence-electron chi connectivity index (χ4n) is 3.39. The maximum Gasteiger partial charge on any atom is 0.233 e. The lowest BCUT2D eigenvalue weighted by molar-refractivity contribution is -0.135. The Morgan fingerprint density at radius 3 is 2.35 bits per heavy atom. The van der Waals surface area contributed by atoms with Crippen LogP contribution in [0.15, 0.2) is 30.3 Å². The molecular weight excluding hydrogens is 248 g/mol. The number of likely N-dealkylation sites (tertiary alicyclic amines) is 1. The first kappa shape index (κ1) is 13.6. The summed E-state index contributed by atoms with van der Waals surface area (Å²) in [5.41, 5.74) is 0.990. The predicted molar refractivity (Wildman–Crippen MR) is 80.6 cm³/mol. The largest absolute Gasteiger partial charge is 0.342 e. The van der Waals surface area contributed by atoms with E-state index < -0.39 is 0 Å². The molecule has 2 fully saturated rings. The molecule has 1 saturated carbocycles. The zero-order valence-electron chi connectivity index (χ0n) is 12.5. The highest BCUT2D eigenvalue weighted by atomic mass is 16.2. The number of carbonyl (C=O) groups is 1. The molecule has 3 nitrogen and oxygen atoms in total. The molecular formula is C17H24N2O. The van der Waals surface area contributed by atoms with E-state index in [1.807, 2.05) is 30.1 Å². The molecule has 0 aromatic heterocycles. The van der Waals surface area contributed by atoms with Crippen molar-refractivity contribution in [2.75, 3.05) is 27.2 Å². The van der Waals surface area contributed by atoms with E-state index in [2.05, 4.69) is 24.1 Å². The van der Waals surface area contributed by atoms with Gasteiger partial charge in [0.1, 0.15) is 0 Å². The number of nitrogens with zero attached hydrogens (tertiary/aromatic N) is 2. The fourth-order valence-corrected chi connectivity index (χ4v) is 3.39. The minimum absolute atomic E-state index is 0.209. The number of piperidine rings is 1.